The van der Waals surface area contributed by atoms with E-state index in [-0.39, 0.29) is 18.2 Å². The van der Waals surface area contributed by atoms with Crippen LogP contribution in [-0.2, 0) is 18.8 Å². The molecule has 0 amide bonds. The summed E-state index contributed by atoms with van der Waals surface area (Å²) in [6.07, 6.45) is 0.194. The summed E-state index contributed by atoms with van der Waals surface area (Å²) in [5, 5.41) is 0. The molecule has 1 saturated heterocycles. The molecule has 5 nitrogen and oxygen atoms in total. The zero-order chi connectivity index (χ0) is 19.5. The second-order valence-electron chi connectivity index (χ2n) is 8.29. The average molecular weight is 362 g/mol. The Labute approximate surface area is 157 Å². The van der Waals surface area contributed by atoms with Gasteiger partial charge in [-0.25, -0.2) is 0 Å². The lowest BCUT2D eigenvalue weighted by atomic mass is 9.66. The molecular formula is C20H31BO5. The van der Waals surface area contributed by atoms with E-state index >= 15 is 0 Å². The minimum absolute atomic E-state index is 0.194. The summed E-state index contributed by atoms with van der Waals surface area (Å²) in [5.74, 6) is 0.743. The van der Waals surface area contributed by atoms with E-state index in [9.17, 15) is 4.79 Å². The molecule has 0 saturated carbocycles. The number of methoxy groups -OCH3 is 1. The van der Waals surface area contributed by atoms with Crippen LogP contribution in [0.2, 0.25) is 0 Å². The van der Waals surface area contributed by atoms with Crippen LogP contribution in [0.5, 0.6) is 5.75 Å². The molecule has 1 atom stereocenters. The number of benzene rings is 1. The Hall–Kier alpha value is -1.53. The Morgan fingerprint density at radius 2 is 1.62 bits per heavy atom. The van der Waals surface area contributed by atoms with Crippen molar-refractivity contribution in [3.05, 3.63) is 29.8 Å². The van der Waals surface area contributed by atoms with Gasteiger partial charge in [-0.15, -0.1) is 0 Å². The Morgan fingerprint density at radius 1 is 1.08 bits per heavy atom. The third kappa shape index (κ3) is 4.80. The monoisotopic (exact) mass is 362 g/mol. The molecule has 2 rings (SSSR count). The second-order valence-corrected chi connectivity index (χ2v) is 8.29. The fourth-order valence-corrected chi connectivity index (χ4v) is 2.76. The van der Waals surface area contributed by atoms with Crippen molar-refractivity contribution >= 4 is 13.1 Å². The van der Waals surface area contributed by atoms with Crippen molar-refractivity contribution in [2.45, 2.75) is 65.0 Å². The van der Waals surface area contributed by atoms with E-state index in [1.54, 1.807) is 0 Å². The third-order valence-corrected chi connectivity index (χ3v) is 5.11. The number of carbonyl (C=O) groups is 1. The van der Waals surface area contributed by atoms with Gasteiger partial charge >= 0.3 is 13.1 Å². The molecule has 0 bridgehead atoms. The number of hydrogen-bond donors (Lipinski definition) is 0. The van der Waals surface area contributed by atoms with E-state index in [1.165, 1.54) is 7.11 Å². The zero-order valence-corrected chi connectivity index (χ0v) is 17.0. The highest BCUT2D eigenvalue weighted by atomic mass is 16.7. The van der Waals surface area contributed by atoms with Crippen LogP contribution in [0.25, 0.3) is 0 Å². The Balaban J connectivity index is 2.21. The predicted octanol–water partition coefficient (Wildman–Crippen LogP) is 4.00. The van der Waals surface area contributed by atoms with Gasteiger partial charge in [-0.3, -0.25) is 4.79 Å². The van der Waals surface area contributed by atoms with E-state index in [4.69, 9.17) is 18.8 Å². The van der Waals surface area contributed by atoms with Gasteiger partial charge in [0.1, 0.15) is 5.75 Å². The van der Waals surface area contributed by atoms with Crippen molar-refractivity contribution in [3.8, 4) is 5.75 Å². The average Bonchev–Trinajstić information content (AvgIpc) is 2.78. The summed E-state index contributed by atoms with van der Waals surface area (Å²) in [7, 11) is 0.883. The molecule has 1 fully saturated rings. The van der Waals surface area contributed by atoms with Crippen LogP contribution in [-0.4, -0.2) is 38.0 Å². The van der Waals surface area contributed by atoms with Crippen molar-refractivity contribution in [1.82, 2.24) is 0 Å². The Morgan fingerprint density at radius 3 is 2.08 bits per heavy atom. The molecule has 1 aliphatic heterocycles. The summed E-state index contributed by atoms with van der Waals surface area (Å²) >= 11 is 0. The van der Waals surface area contributed by atoms with Crippen molar-refractivity contribution in [2.24, 2.45) is 5.92 Å². The van der Waals surface area contributed by atoms with E-state index in [0.717, 1.165) is 11.3 Å². The molecule has 6 heteroatoms. The predicted molar refractivity (Wildman–Crippen MR) is 102 cm³/mol. The maximum absolute atomic E-state index is 12.0. The zero-order valence-electron chi connectivity index (χ0n) is 17.0. The van der Waals surface area contributed by atoms with Crippen molar-refractivity contribution in [1.29, 1.82) is 0 Å². The fourth-order valence-electron chi connectivity index (χ4n) is 2.76. The van der Waals surface area contributed by atoms with Crippen molar-refractivity contribution < 1.29 is 23.6 Å². The van der Waals surface area contributed by atoms with Gasteiger partial charge in [-0.05, 0) is 51.3 Å². The molecule has 0 spiro atoms. The summed E-state index contributed by atoms with van der Waals surface area (Å²) in [5.41, 5.74) is 0.0596. The quantitative estimate of drug-likeness (QED) is 0.542. The first-order chi connectivity index (χ1) is 12.1. The lowest BCUT2D eigenvalue weighted by Gasteiger charge is -2.32. The summed E-state index contributed by atoms with van der Waals surface area (Å²) in [6, 6.07) is 7.78. The van der Waals surface area contributed by atoms with Gasteiger partial charge in [0.2, 0.25) is 0 Å². The minimum Gasteiger partial charge on any atom is -0.493 e. The topological polar surface area (TPSA) is 54.0 Å². The molecule has 0 aromatic heterocycles. The third-order valence-electron chi connectivity index (χ3n) is 5.11. The fraction of sp³-hybridized carbons (Fsp3) is 0.650. The lowest BCUT2D eigenvalue weighted by Crippen LogP contribution is -2.41. The van der Waals surface area contributed by atoms with Gasteiger partial charge in [-0.1, -0.05) is 26.0 Å². The molecule has 144 valence electrons. The van der Waals surface area contributed by atoms with E-state index in [2.05, 4.69) is 13.8 Å². The molecule has 26 heavy (non-hydrogen) atoms. The van der Waals surface area contributed by atoms with Crippen molar-refractivity contribution in [2.75, 3.05) is 13.7 Å². The maximum atomic E-state index is 12.0. The van der Waals surface area contributed by atoms with Crippen LogP contribution in [0.4, 0.5) is 0 Å². The SMILES string of the molecule is COC(=O)CC(B1OC(C)(C)C(C)(C)O1)c1ccc(OCC(C)C)cc1. The molecule has 0 N–H and O–H groups in total. The van der Waals surface area contributed by atoms with Gasteiger partial charge in [0.15, 0.2) is 0 Å². The molecule has 0 aliphatic carbocycles. The number of hydrogen-bond acceptors (Lipinski definition) is 5. The molecule has 1 heterocycles. The number of esters is 1. The first-order valence-electron chi connectivity index (χ1n) is 9.21. The van der Waals surface area contributed by atoms with Gasteiger partial charge in [0.25, 0.3) is 0 Å². The van der Waals surface area contributed by atoms with E-state index in [0.29, 0.717) is 12.5 Å². The van der Waals surface area contributed by atoms with E-state index < -0.39 is 18.3 Å². The normalized spacial score (nSPS) is 19.5. The van der Waals surface area contributed by atoms with Gasteiger partial charge in [-0.2, -0.15) is 0 Å². The number of ether oxygens (including phenoxy) is 2. The van der Waals surface area contributed by atoms with Crippen LogP contribution < -0.4 is 4.74 Å². The molecular weight excluding hydrogens is 331 g/mol. The molecule has 1 aromatic carbocycles. The Bertz CT molecular complexity index is 593. The maximum Gasteiger partial charge on any atom is 0.466 e. The van der Waals surface area contributed by atoms with Gasteiger partial charge < -0.3 is 18.8 Å². The molecule has 1 aliphatic rings. The molecule has 0 radical (unpaired) electrons. The summed E-state index contributed by atoms with van der Waals surface area (Å²) < 4.78 is 23.0. The largest absolute Gasteiger partial charge is 0.493 e. The van der Waals surface area contributed by atoms with Gasteiger partial charge in [0.05, 0.1) is 31.3 Å². The first-order valence-corrected chi connectivity index (χ1v) is 9.21. The van der Waals surface area contributed by atoms with Crippen LogP contribution in [0.1, 0.15) is 59.3 Å². The lowest BCUT2D eigenvalue weighted by molar-refractivity contribution is -0.140. The molecule has 1 unspecified atom stereocenters. The standard InChI is InChI=1S/C20H31BO5/c1-14(2)13-24-16-10-8-15(9-11-16)17(12-18(22)23-7)21-25-19(3,4)20(5,6)26-21/h8-11,14,17H,12-13H2,1-7H3. The van der Waals surface area contributed by atoms with E-state index in [1.807, 2.05) is 52.0 Å². The first kappa shape index (κ1) is 20.8. The number of carbonyl (C=O) groups excluding carboxylic acids is 1. The smallest absolute Gasteiger partial charge is 0.466 e. The van der Waals surface area contributed by atoms with Crippen molar-refractivity contribution in [3.63, 3.8) is 0 Å². The second kappa shape index (κ2) is 8.01. The summed E-state index contributed by atoms with van der Waals surface area (Å²) in [6.45, 7) is 12.9. The van der Waals surface area contributed by atoms with Gasteiger partial charge in [0, 0.05) is 5.82 Å². The Kier molecular flexibility index (Phi) is 6.40. The minimum atomic E-state index is -0.512. The van der Waals surface area contributed by atoms with Crippen LogP contribution >= 0.6 is 0 Å². The van der Waals surface area contributed by atoms with Crippen LogP contribution in [0.15, 0.2) is 24.3 Å². The highest BCUT2D eigenvalue weighted by Gasteiger charge is 2.54. The van der Waals surface area contributed by atoms with Crippen LogP contribution in [0, 0.1) is 5.92 Å². The molecule has 1 aromatic rings. The van der Waals surface area contributed by atoms with Crippen LogP contribution in [0.3, 0.4) is 0 Å². The number of rotatable bonds is 7. The summed E-state index contributed by atoms with van der Waals surface area (Å²) in [4.78, 5) is 12.0. The highest BCUT2D eigenvalue weighted by molar-refractivity contribution is 6.48. The highest BCUT2D eigenvalue weighted by Crippen LogP contribution is 2.42.